The van der Waals surface area contributed by atoms with Gasteiger partial charge < -0.3 is 4.74 Å². The second-order valence-corrected chi connectivity index (χ2v) is 8.60. The van der Waals surface area contributed by atoms with E-state index in [9.17, 15) is 13.2 Å². The first kappa shape index (κ1) is 24.2. The first-order valence-corrected chi connectivity index (χ1v) is 11.8. The summed E-state index contributed by atoms with van der Waals surface area (Å²) in [5.41, 5.74) is 1.11. The predicted molar refractivity (Wildman–Crippen MR) is 121 cm³/mol. The number of ether oxygens (including phenoxy) is 1. The van der Waals surface area contributed by atoms with Crippen LogP contribution in [0.15, 0.2) is 30.3 Å². The van der Waals surface area contributed by atoms with E-state index in [2.05, 4.69) is 48.0 Å². The fourth-order valence-electron chi connectivity index (χ4n) is 4.19. The van der Waals surface area contributed by atoms with E-state index in [1.54, 1.807) is 0 Å². The molecule has 1 aromatic heterocycles. The molecule has 2 nitrogen and oxygen atoms in total. The average molecular weight is 444 g/mol. The summed E-state index contributed by atoms with van der Waals surface area (Å²) in [6, 6.07) is 9.17. The van der Waals surface area contributed by atoms with Crippen molar-refractivity contribution in [1.82, 2.24) is 4.98 Å². The third kappa shape index (κ3) is 7.29. The van der Waals surface area contributed by atoms with Gasteiger partial charge in [0, 0.05) is 5.92 Å². The summed E-state index contributed by atoms with van der Waals surface area (Å²) in [5, 5.41) is 0. The van der Waals surface area contributed by atoms with Crippen molar-refractivity contribution in [2.75, 3.05) is 6.61 Å². The lowest BCUT2D eigenvalue weighted by atomic mass is 9.79. The van der Waals surface area contributed by atoms with Gasteiger partial charge >= 0.3 is 0 Å². The van der Waals surface area contributed by atoms with Gasteiger partial charge in [-0.25, -0.2) is 4.39 Å². The van der Waals surface area contributed by atoms with Crippen molar-refractivity contribution in [1.29, 1.82) is 0 Å². The molecule has 0 spiro atoms. The first-order valence-electron chi connectivity index (χ1n) is 11.8. The Balaban J connectivity index is 1.42. The molecule has 1 aliphatic carbocycles. The number of benzene rings is 1. The number of nitrogens with zero attached hydrogens (tertiary/aromatic N) is 1. The molecule has 0 bridgehead atoms. The van der Waals surface area contributed by atoms with E-state index >= 15 is 0 Å². The van der Waals surface area contributed by atoms with Gasteiger partial charge in [0.15, 0.2) is 5.82 Å². The highest BCUT2D eigenvalue weighted by molar-refractivity contribution is 5.34. The van der Waals surface area contributed by atoms with Crippen LogP contribution in [0.5, 0.6) is 5.75 Å². The average Bonchev–Trinajstić information content (AvgIpc) is 2.81. The third-order valence-corrected chi connectivity index (χ3v) is 6.14. The summed E-state index contributed by atoms with van der Waals surface area (Å²) in [5.74, 6) is 3.49. The molecule has 1 aromatic carbocycles. The van der Waals surface area contributed by atoms with Gasteiger partial charge in [0.2, 0.25) is 5.95 Å². The molecule has 0 atom stereocenters. The topological polar surface area (TPSA) is 22.1 Å². The second kappa shape index (κ2) is 12.5. The van der Waals surface area contributed by atoms with Crippen LogP contribution in [0.3, 0.4) is 0 Å². The zero-order valence-electron chi connectivity index (χ0n) is 18.8. The minimum atomic E-state index is -1.44. The maximum absolute atomic E-state index is 13.6. The molecule has 0 aliphatic heterocycles. The molecule has 2 aromatic rings. The lowest BCUT2D eigenvalue weighted by Gasteiger charge is -2.26. The largest absolute Gasteiger partial charge is 0.494 e. The van der Waals surface area contributed by atoms with Crippen LogP contribution in [-0.2, 0) is 0 Å². The Hall–Kier alpha value is -2.48. The van der Waals surface area contributed by atoms with Gasteiger partial charge in [-0.2, -0.15) is 13.8 Å². The highest BCUT2D eigenvalue weighted by Gasteiger charge is 2.21. The van der Waals surface area contributed by atoms with E-state index in [0.29, 0.717) is 5.92 Å². The van der Waals surface area contributed by atoms with Crippen LogP contribution in [0.25, 0.3) is 0 Å². The van der Waals surface area contributed by atoms with Crippen molar-refractivity contribution in [3.05, 3.63) is 59.2 Å². The Bertz CT molecular complexity index is 909. The third-order valence-electron chi connectivity index (χ3n) is 6.14. The van der Waals surface area contributed by atoms with Crippen molar-refractivity contribution >= 4 is 0 Å². The molecular formula is C27H32F3NO. The van der Waals surface area contributed by atoms with Gasteiger partial charge in [0.05, 0.1) is 12.2 Å². The Labute approximate surface area is 189 Å². The smallest absolute Gasteiger partial charge is 0.251 e. The van der Waals surface area contributed by atoms with Crippen molar-refractivity contribution < 1.29 is 17.9 Å². The van der Waals surface area contributed by atoms with Gasteiger partial charge in [-0.15, -0.1) is 0 Å². The zero-order valence-corrected chi connectivity index (χ0v) is 18.8. The van der Waals surface area contributed by atoms with Crippen molar-refractivity contribution in [3.8, 4) is 17.6 Å². The molecule has 0 N–H and O–H groups in total. The standard InChI is InChI=1S/C27H32F3NO/c1-2-3-4-5-6-7-18-32-24-16-14-22(15-17-24)21-11-8-20(9-12-21)10-13-23-19-25(28)27(30)31-26(23)29/h14-17,19-21H,2-9,11-12,18H2,1H3. The number of hydrogen-bond donors (Lipinski definition) is 0. The Morgan fingerprint density at radius 2 is 1.59 bits per heavy atom. The molecule has 172 valence electrons. The van der Waals surface area contributed by atoms with Crippen LogP contribution in [0, 0.1) is 35.5 Å². The molecule has 1 aliphatic rings. The molecule has 1 saturated carbocycles. The van der Waals surface area contributed by atoms with Crippen molar-refractivity contribution in [2.24, 2.45) is 5.92 Å². The summed E-state index contributed by atoms with van der Waals surface area (Å²) in [6.45, 7) is 3.00. The van der Waals surface area contributed by atoms with E-state index < -0.39 is 17.7 Å². The summed E-state index contributed by atoms with van der Waals surface area (Å²) in [6.07, 6.45) is 11.3. The SMILES string of the molecule is CCCCCCCCOc1ccc(C2CCC(C#Cc3cc(F)c(F)nc3F)CC2)cc1. The summed E-state index contributed by atoms with van der Waals surface area (Å²) in [4.78, 5) is 2.91. The molecule has 1 fully saturated rings. The molecule has 0 radical (unpaired) electrons. The Kier molecular flexibility index (Phi) is 9.46. The van der Waals surface area contributed by atoms with Crippen LogP contribution < -0.4 is 4.74 Å². The van der Waals surface area contributed by atoms with E-state index in [0.717, 1.165) is 50.5 Å². The summed E-state index contributed by atoms with van der Waals surface area (Å²) in [7, 11) is 0. The van der Waals surface area contributed by atoms with Crippen LogP contribution in [0.4, 0.5) is 13.2 Å². The summed E-state index contributed by atoms with van der Waals surface area (Å²) < 4.78 is 45.7. The number of rotatable bonds is 9. The first-order chi connectivity index (χ1) is 15.6. The van der Waals surface area contributed by atoms with Crippen LogP contribution >= 0.6 is 0 Å². The quantitative estimate of drug-likeness (QED) is 0.227. The second-order valence-electron chi connectivity index (χ2n) is 8.60. The lowest BCUT2D eigenvalue weighted by molar-refractivity contribution is 0.304. The van der Waals surface area contributed by atoms with E-state index in [4.69, 9.17) is 4.74 Å². The monoisotopic (exact) mass is 443 g/mol. The highest BCUT2D eigenvalue weighted by Crippen LogP contribution is 2.36. The van der Waals surface area contributed by atoms with Gasteiger partial charge in [-0.05, 0) is 61.8 Å². The fraction of sp³-hybridized carbons (Fsp3) is 0.519. The van der Waals surface area contributed by atoms with Gasteiger partial charge in [0.1, 0.15) is 5.75 Å². The Morgan fingerprint density at radius 3 is 2.31 bits per heavy atom. The minimum Gasteiger partial charge on any atom is -0.494 e. The molecular weight excluding hydrogens is 411 g/mol. The lowest BCUT2D eigenvalue weighted by Crippen LogP contribution is -2.12. The molecule has 5 heteroatoms. The van der Waals surface area contributed by atoms with E-state index in [1.807, 2.05) is 0 Å². The molecule has 1 heterocycles. The molecule has 0 amide bonds. The van der Waals surface area contributed by atoms with Gasteiger partial charge in [-0.3, -0.25) is 0 Å². The van der Waals surface area contributed by atoms with Gasteiger partial charge in [0.25, 0.3) is 5.95 Å². The number of halogens is 3. The van der Waals surface area contributed by atoms with Crippen LogP contribution in [0.1, 0.15) is 88.2 Å². The fourth-order valence-corrected chi connectivity index (χ4v) is 4.19. The molecule has 0 unspecified atom stereocenters. The maximum atomic E-state index is 13.6. The van der Waals surface area contributed by atoms with E-state index in [1.165, 1.54) is 37.7 Å². The predicted octanol–water partition coefficient (Wildman–Crippen LogP) is 7.56. The van der Waals surface area contributed by atoms with Crippen LogP contribution in [0.2, 0.25) is 0 Å². The highest BCUT2D eigenvalue weighted by atomic mass is 19.2. The zero-order chi connectivity index (χ0) is 22.8. The minimum absolute atomic E-state index is 0.124. The Morgan fingerprint density at radius 1 is 0.906 bits per heavy atom. The number of pyridine rings is 1. The number of unbranched alkanes of at least 4 members (excludes halogenated alkanes) is 5. The molecule has 0 saturated heterocycles. The van der Waals surface area contributed by atoms with Crippen molar-refractivity contribution in [2.45, 2.75) is 77.0 Å². The molecule has 32 heavy (non-hydrogen) atoms. The van der Waals surface area contributed by atoms with Crippen molar-refractivity contribution in [3.63, 3.8) is 0 Å². The number of hydrogen-bond acceptors (Lipinski definition) is 2. The van der Waals surface area contributed by atoms with Crippen LogP contribution in [-0.4, -0.2) is 11.6 Å². The normalized spacial score (nSPS) is 18.1. The number of aromatic nitrogens is 1. The summed E-state index contributed by atoms with van der Waals surface area (Å²) >= 11 is 0. The maximum Gasteiger partial charge on any atom is 0.251 e. The van der Waals surface area contributed by atoms with Gasteiger partial charge in [-0.1, -0.05) is 63.0 Å². The van der Waals surface area contributed by atoms with E-state index in [-0.39, 0.29) is 11.5 Å². The molecule has 3 rings (SSSR count).